The first-order chi connectivity index (χ1) is 9.02. The number of esters is 1. The fraction of sp³-hybridized carbons (Fsp3) is 0.429. The van der Waals surface area contributed by atoms with E-state index in [2.05, 4.69) is 0 Å². The van der Waals surface area contributed by atoms with E-state index in [1.165, 1.54) is 18.9 Å². The van der Waals surface area contributed by atoms with Crippen LogP contribution in [0, 0.1) is 0 Å². The van der Waals surface area contributed by atoms with E-state index >= 15 is 0 Å². The molecule has 104 valence electrons. The van der Waals surface area contributed by atoms with Crippen LogP contribution in [0.1, 0.15) is 25.5 Å². The molecule has 1 amide bonds. The molecule has 4 nitrogen and oxygen atoms in total. The SMILES string of the molecule is COC(=O)[C@H](CCl)N(C(C)=O)[C@H](C)c1ccccc1. The third-order valence-electron chi connectivity index (χ3n) is 3.02. The van der Waals surface area contributed by atoms with E-state index in [9.17, 15) is 9.59 Å². The number of amides is 1. The van der Waals surface area contributed by atoms with Crippen LogP contribution in [0.25, 0.3) is 0 Å². The maximum absolute atomic E-state index is 11.8. The smallest absolute Gasteiger partial charge is 0.329 e. The Kier molecular flexibility index (Phi) is 5.83. The summed E-state index contributed by atoms with van der Waals surface area (Å²) in [6, 6.07) is 8.46. The minimum Gasteiger partial charge on any atom is -0.467 e. The highest BCUT2D eigenvalue weighted by Crippen LogP contribution is 2.23. The molecule has 0 spiro atoms. The van der Waals surface area contributed by atoms with Crippen molar-refractivity contribution in [2.75, 3.05) is 13.0 Å². The lowest BCUT2D eigenvalue weighted by atomic mass is 10.1. The molecule has 0 aliphatic heterocycles. The van der Waals surface area contributed by atoms with Gasteiger partial charge in [0.1, 0.15) is 6.04 Å². The molecule has 0 saturated carbocycles. The lowest BCUT2D eigenvalue weighted by Crippen LogP contribution is -2.47. The largest absolute Gasteiger partial charge is 0.467 e. The van der Waals surface area contributed by atoms with Crippen LogP contribution in [0.3, 0.4) is 0 Å². The molecular weight excluding hydrogens is 266 g/mol. The van der Waals surface area contributed by atoms with Gasteiger partial charge in [0.2, 0.25) is 5.91 Å². The number of rotatable bonds is 5. The van der Waals surface area contributed by atoms with E-state index in [0.29, 0.717) is 0 Å². The quantitative estimate of drug-likeness (QED) is 0.616. The molecule has 5 heteroatoms. The summed E-state index contributed by atoms with van der Waals surface area (Å²) in [7, 11) is 1.29. The summed E-state index contributed by atoms with van der Waals surface area (Å²) < 4.78 is 4.70. The lowest BCUT2D eigenvalue weighted by molar-refractivity contribution is -0.153. The predicted molar refractivity (Wildman–Crippen MR) is 73.9 cm³/mol. The Morgan fingerprint density at radius 3 is 2.32 bits per heavy atom. The maximum atomic E-state index is 11.8. The molecule has 0 N–H and O–H groups in total. The Labute approximate surface area is 118 Å². The lowest BCUT2D eigenvalue weighted by Gasteiger charge is -2.33. The molecule has 0 aliphatic carbocycles. The first-order valence-electron chi connectivity index (χ1n) is 6.00. The van der Waals surface area contributed by atoms with Crippen LogP contribution in [0.4, 0.5) is 0 Å². The number of hydrogen-bond acceptors (Lipinski definition) is 3. The van der Waals surface area contributed by atoms with Gasteiger partial charge in [-0.15, -0.1) is 11.6 Å². The summed E-state index contributed by atoms with van der Waals surface area (Å²) in [5.74, 6) is -0.718. The van der Waals surface area contributed by atoms with Crippen molar-refractivity contribution >= 4 is 23.5 Å². The summed E-state index contributed by atoms with van der Waals surface area (Å²) in [6.45, 7) is 3.28. The number of carbonyl (C=O) groups is 2. The van der Waals surface area contributed by atoms with E-state index in [1.54, 1.807) is 0 Å². The van der Waals surface area contributed by atoms with Crippen LogP contribution in [0.5, 0.6) is 0 Å². The average Bonchev–Trinajstić information content (AvgIpc) is 2.43. The van der Waals surface area contributed by atoms with Crippen molar-refractivity contribution < 1.29 is 14.3 Å². The second-order valence-electron chi connectivity index (χ2n) is 4.21. The summed E-state index contributed by atoms with van der Waals surface area (Å²) in [5.41, 5.74) is 0.941. The molecule has 1 aromatic carbocycles. The van der Waals surface area contributed by atoms with E-state index in [4.69, 9.17) is 16.3 Å². The van der Waals surface area contributed by atoms with Gasteiger partial charge in [-0.2, -0.15) is 0 Å². The van der Waals surface area contributed by atoms with Gasteiger partial charge >= 0.3 is 5.97 Å². The molecule has 0 radical (unpaired) electrons. The van der Waals surface area contributed by atoms with Crippen LogP contribution in [0.2, 0.25) is 0 Å². The van der Waals surface area contributed by atoms with Crippen LogP contribution in [-0.2, 0) is 14.3 Å². The number of ether oxygens (including phenoxy) is 1. The first-order valence-corrected chi connectivity index (χ1v) is 6.54. The van der Waals surface area contributed by atoms with Crippen LogP contribution in [-0.4, -0.2) is 35.8 Å². The highest BCUT2D eigenvalue weighted by Gasteiger charge is 2.32. The number of methoxy groups -OCH3 is 1. The van der Waals surface area contributed by atoms with Gasteiger partial charge in [0.15, 0.2) is 0 Å². The molecule has 2 atom stereocenters. The van der Waals surface area contributed by atoms with Gasteiger partial charge in [-0.3, -0.25) is 4.79 Å². The van der Waals surface area contributed by atoms with Crippen LogP contribution in [0.15, 0.2) is 30.3 Å². The number of carbonyl (C=O) groups excluding carboxylic acids is 2. The van der Waals surface area contributed by atoms with Crippen molar-refractivity contribution in [1.29, 1.82) is 0 Å². The number of alkyl halides is 1. The molecule has 0 heterocycles. The Morgan fingerprint density at radius 2 is 1.89 bits per heavy atom. The van der Waals surface area contributed by atoms with Gasteiger partial charge in [0.05, 0.1) is 19.0 Å². The van der Waals surface area contributed by atoms with Gasteiger partial charge in [0.25, 0.3) is 0 Å². The van der Waals surface area contributed by atoms with Crippen molar-refractivity contribution in [3.63, 3.8) is 0 Å². The normalized spacial score (nSPS) is 13.5. The summed E-state index contributed by atoms with van der Waals surface area (Å²) >= 11 is 5.82. The van der Waals surface area contributed by atoms with Crippen molar-refractivity contribution in [2.24, 2.45) is 0 Å². The van der Waals surface area contributed by atoms with E-state index in [-0.39, 0.29) is 17.8 Å². The van der Waals surface area contributed by atoms with Crippen molar-refractivity contribution in [1.82, 2.24) is 4.90 Å². The Balaban J connectivity index is 3.06. The zero-order valence-electron chi connectivity index (χ0n) is 11.3. The van der Waals surface area contributed by atoms with Gasteiger partial charge < -0.3 is 9.64 Å². The van der Waals surface area contributed by atoms with Gasteiger partial charge in [-0.05, 0) is 12.5 Å². The van der Waals surface area contributed by atoms with Crippen LogP contribution >= 0.6 is 11.6 Å². The molecule has 19 heavy (non-hydrogen) atoms. The second kappa shape index (κ2) is 7.14. The molecule has 0 aromatic heterocycles. The monoisotopic (exact) mass is 283 g/mol. The standard InChI is InChI=1S/C14H18ClNO3/c1-10(12-7-5-4-6-8-12)16(11(2)17)13(9-15)14(18)19-3/h4-8,10,13H,9H2,1-3H3/t10-,13+/m1/s1. The number of halogens is 1. The maximum Gasteiger partial charge on any atom is 0.329 e. The van der Waals surface area contributed by atoms with E-state index < -0.39 is 12.0 Å². The fourth-order valence-electron chi connectivity index (χ4n) is 2.04. The van der Waals surface area contributed by atoms with E-state index in [1.807, 2.05) is 37.3 Å². The third-order valence-corrected chi connectivity index (χ3v) is 3.31. The second-order valence-corrected chi connectivity index (χ2v) is 4.51. The summed E-state index contributed by atoms with van der Waals surface area (Å²) in [5, 5.41) is 0. The van der Waals surface area contributed by atoms with Crippen molar-refractivity contribution in [3.05, 3.63) is 35.9 Å². The Hall–Kier alpha value is -1.55. The highest BCUT2D eigenvalue weighted by molar-refractivity contribution is 6.19. The minimum absolute atomic E-state index is 0.00340. The highest BCUT2D eigenvalue weighted by atomic mass is 35.5. The molecule has 1 rings (SSSR count). The molecule has 0 fully saturated rings. The van der Waals surface area contributed by atoms with Gasteiger partial charge in [0, 0.05) is 6.92 Å². The topological polar surface area (TPSA) is 46.6 Å². The average molecular weight is 284 g/mol. The number of hydrogen-bond donors (Lipinski definition) is 0. The van der Waals surface area contributed by atoms with Crippen molar-refractivity contribution in [3.8, 4) is 0 Å². The summed E-state index contributed by atoms with van der Waals surface area (Å²) in [6.07, 6.45) is 0. The van der Waals surface area contributed by atoms with E-state index in [0.717, 1.165) is 5.56 Å². The zero-order valence-corrected chi connectivity index (χ0v) is 12.1. The van der Waals surface area contributed by atoms with Crippen molar-refractivity contribution in [2.45, 2.75) is 25.9 Å². The summed E-state index contributed by atoms with van der Waals surface area (Å²) in [4.78, 5) is 25.0. The molecule has 0 unspecified atom stereocenters. The molecule has 0 bridgehead atoms. The first kappa shape index (κ1) is 15.5. The number of nitrogens with zero attached hydrogens (tertiary/aromatic N) is 1. The molecule has 1 aromatic rings. The fourth-order valence-corrected chi connectivity index (χ4v) is 2.32. The third kappa shape index (κ3) is 3.70. The van der Waals surface area contributed by atoms with Crippen LogP contribution < -0.4 is 0 Å². The zero-order chi connectivity index (χ0) is 14.4. The predicted octanol–water partition coefficient (Wildman–Crippen LogP) is 2.38. The molecular formula is C14H18ClNO3. The Morgan fingerprint density at radius 1 is 1.32 bits per heavy atom. The van der Waals surface area contributed by atoms with Gasteiger partial charge in [-0.1, -0.05) is 30.3 Å². The van der Waals surface area contributed by atoms with Gasteiger partial charge in [-0.25, -0.2) is 4.79 Å². The minimum atomic E-state index is -0.778. The Bertz CT molecular complexity index is 436. The number of benzene rings is 1. The molecule has 0 saturated heterocycles. The molecule has 0 aliphatic rings.